The number of rotatable bonds is 2. The first-order valence-corrected chi connectivity index (χ1v) is 5.31. The molecule has 1 nitrogen and oxygen atoms in total. The fourth-order valence-electron chi connectivity index (χ4n) is 1.21. The molecule has 2 aromatic rings. The Labute approximate surface area is 89.0 Å². The summed E-state index contributed by atoms with van der Waals surface area (Å²) in [6.07, 6.45) is 3.76. The van der Waals surface area contributed by atoms with E-state index in [2.05, 4.69) is 31.0 Å². The Morgan fingerprint density at radius 3 is 2.50 bits per heavy atom. The largest absolute Gasteiger partial charge is 0.264 e. The lowest BCUT2D eigenvalue weighted by atomic mass is 9.99. The van der Waals surface area contributed by atoms with E-state index in [1.807, 2.05) is 30.6 Å². The van der Waals surface area contributed by atoms with Crippen molar-refractivity contribution in [3.63, 3.8) is 0 Å². The van der Waals surface area contributed by atoms with Crippen molar-refractivity contribution in [2.75, 3.05) is 0 Å². The monoisotopic (exact) mass is 199 g/mol. The zero-order chi connectivity index (χ0) is 9.80. The Kier molecular flexibility index (Phi) is 2.89. The maximum absolute atomic E-state index is 4.16. The summed E-state index contributed by atoms with van der Waals surface area (Å²) in [5, 5.41) is 0. The standard InChI is InChI=1S/C11H10BNS/c12-9-6-11(8-13-7-9)14-10-4-2-1-3-5-10/h1-8H,12H2. The van der Waals surface area contributed by atoms with Gasteiger partial charge in [-0.1, -0.05) is 41.5 Å². The lowest BCUT2D eigenvalue weighted by Gasteiger charge is -2.01. The van der Waals surface area contributed by atoms with Crippen molar-refractivity contribution in [2.24, 2.45) is 0 Å². The van der Waals surface area contributed by atoms with Crippen molar-refractivity contribution in [2.45, 2.75) is 9.79 Å². The summed E-state index contributed by atoms with van der Waals surface area (Å²) in [5.74, 6) is 0. The van der Waals surface area contributed by atoms with Gasteiger partial charge in [-0.25, -0.2) is 0 Å². The van der Waals surface area contributed by atoms with Crippen LogP contribution in [-0.4, -0.2) is 12.8 Å². The number of hydrogen-bond donors (Lipinski definition) is 0. The summed E-state index contributed by atoms with van der Waals surface area (Å²) in [6.45, 7) is 0. The van der Waals surface area contributed by atoms with Crippen molar-refractivity contribution in [1.82, 2.24) is 4.98 Å². The zero-order valence-corrected chi connectivity index (χ0v) is 8.79. The highest BCUT2D eigenvalue weighted by Gasteiger charge is 1.96. The molecule has 14 heavy (non-hydrogen) atoms. The lowest BCUT2D eigenvalue weighted by molar-refractivity contribution is 1.25. The lowest BCUT2D eigenvalue weighted by Crippen LogP contribution is -2.01. The molecule has 0 saturated carbocycles. The third-order valence-electron chi connectivity index (χ3n) is 1.83. The van der Waals surface area contributed by atoms with E-state index < -0.39 is 0 Å². The van der Waals surface area contributed by atoms with Crippen LogP contribution in [0.5, 0.6) is 0 Å². The van der Waals surface area contributed by atoms with Crippen molar-refractivity contribution in [1.29, 1.82) is 0 Å². The van der Waals surface area contributed by atoms with E-state index in [-0.39, 0.29) is 0 Å². The molecule has 0 saturated heterocycles. The van der Waals surface area contributed by atoms with Gasteiger partial charge in [-0.2, -0.15) is 0 Å². The van der Waals surface area contributed by atoms with E-state index in [1.165, 1.54) is 15.3 Å². The molecular formula is C11H10BNS. The molecule has 0 atom stereocenters. The smallest absolute Gasteiger partial charge is 0.141 e. The molecule has 0 aliphatic carbocycles. The number of pyridine rings is 1. The predicted molar refractivity (Wildman–Crippen MR) is 63.0 cm³/mol. The number of aromatic nitrogens is 1. The quantitative estimate of drug-likeness (QED) is 0.679. The van der Waals surface area contributed by atoms with Gasteiger partial charge in [0, 0.05) is 22.2 Å². The van der Waals surface area contributed by atoms with Gasteiger partial charge < -0.3 is 0 Å². The molecular weight excluding hydrogens is 189 g/mol. The summed E-state index contributed by atoms with van der Waals surface area (Å²) in [6, 6.07) is 12.5. The number of nitrogens with zero attached hydrogens (tertiary/aromatic N) is 1. The molecule has 3 heteroatoms. The van der Waals surface area contributed by atoms with E-state index in [0.29, 0.717) is 0 Å². The van der Waals surface area contributed by atoms with Crippen LogP contribution >= 0.6 is 11.8 Å². The van der Waals surface area contributed by atoms with Crippen LogP contribution in [0, 0.1) is 0 Å². The van der Waals surface area contributed by atoms with Crippen LogP contribution < -0.4 is 5.46 Å². The molecule has 0 aliphatic rings. The Morgan fingerprint density at radius 1 is 1.00 bits per heavy atom. The first-order chi connectivity index (χ1) is 6.84. The highest BCUT2D eigenvalue weighted by Crippen LogP contribution is 2.25. The Hall–Kier alpha value is -1.22. The van der Waals surface area contributed by atoms with Crippen LogP contribution in [0.1, 0.15) is 0 Å². The summed E-state index contributed by atoms with van der Waals surface area (Å²) in [5.41, 5.74) is 1.20. The summed E-state index contributed by atoms with van der Waals surface area (Å²) < 4.78 is 0. The van der Waals surface area contributed by atoms with E-state index in [0.717, 1.165) is 0 Å². The van der Waals surface area contributed by atoms with Gasteiger partial charge in [0.25, 0.3) is 0 Å². The molecule has 0 spiro atoms. The third-order valence-corrected chi connectivity index (χ3v) is 2.80. The van der Waals surface area contributed by atoms with Crippen LogP contribution in [0.25, 0.3) is 0 Å². The second kappa shape index (κ2) is 4.33. The molecule has 0 unspecified atom stereocenters. The molecule has 0 N–H and O–H groups in total. The van der Waals surface area contributed by atoms with Crippen LogP contribution in [0.3, 0.4) is 0 Å². The molecule has 0 fully saturated rings. The SMILES string of the molecule is Bc1cncc(Sc2ccccc2)c1. The van der Waals surface area contributed by atoms with Gasteiger partial charge in [0.05, 0.1) is 0 Å². The van der Waals surface area contributed by atoms with E-state index in [4.69, 9.17) is 0 Å². The number of hydrogen-bond acceptors (Lipinski definition) is 2. The second-order valence-corrected chi connectivity index (χ2v) is 4.26. The first-order valence-electron chi connectivity index (χ1n) is 4.49. The average molecular weight is 199 g/mol. The Morgan fingerprint density at radius 2 is 1.79 bits per heavy atom. The summed E-state index contributed by atoms with van der Waals surface area (Å²) >= 11 is 1.74. The molecule has 1 aromatic heterocycles. The maximum Gasteiger partial charge on any atom is 0.141 e. The minimum Gasteiger partial charge on any atom is -0.264 e. The van der Waals surface area contributed by atoms with E-state index >= 15 is 0 Å². The van der Waals surface area contributed by atoms with Crippen LogP contribution in [0.15, 0.2) is 58.6 Å². The fourth-order valence-corrected chi connectivity index (χ4v) is 2.13. The van der Waals surface area contributed by atoms with Crippen molar-refractivity contribution >= 4 is 25.1 Å². The van der Waals surface area contributed by atoms with Crippen LogP contribution in [-0.2, 0) is 0 Å². The molecule has 68 valence electrons. The van der Waals surface area contributed by atoms with E-state index in [9.17, 15) is 0 Å². The summed E-state index contributed by atoms with van der Waals surface area (Å²) in [7, 11) is 2.06. The minimum absolute atomic E-state index is 1.19. The third kappa shape index (κ3) is 2.39. The van der Waals surface area contributed by atoms with Gasteiger partial charge in [0.15, 0.2) is 0 Å². The normalized spacial score (nSPS) is 10.0. The maximum atomic E-state index is 4.16. The minimum atomic E-state index is 1.19. The van der Waals surface area contributed by atoms with Crippen molar-refractivity contribution in [3.8, 4) is 0 Å². The molecule has 0 radical (unpaired) electrons. The zero-order valence-electron chi connectivity index (χ0n) is 7.97. The topological polar surface area (TPSA) is 12.9 Å². The summed E-state index contributed by atoms with van der Waals surface area (Å²) in [4.78, 5) is 6.60. The van der Waals surface area contributed by atoms with Crippen molar-refractivity contribution in [3.05, 3.63) is 48.8 Å². The first kappa shape index (κ1) is 9.34. The molecule has 2 rings (SSSR count). The van der Waals surface area contributed by atoms with Gasteiger partial charge in [-0.3, -0.25) is 4.98 Å². The average Bonchev–Trinajstić information content (AvgIpc) is 2.19. The molecule has 1 aromatic carbocycles. The highest BCUT2D eigenvalue weighted by molar-refractivity contribution is 7.99. The molecule has 0 bridgehead atoms. The molecule has 0 aliphatic heterocycles. The molecule has 0 amide bonds. The van der Waals surface area contributed by atoms with Gasteiger partial charge >= 0.3 is 0 Å². The molecule has 1 heterocycles. The predicted octanol–water partition coefficient (Wildman–Crippen LogP) is 1.49. The van der Waals surface area contributed by atoms with Crippen LogP contribution in [0.2, 0.25) is 0 Å². The highest BCUT2D eigenvalue weighted by atomic mass is 32.2. The Balaban J connectivity index is 2.19. The van der Waals surface area contributed by atoms with Gasteiger partial charge in [-0.05, 0) is 12.1 Å². The Bertz CT molecular complexity index is 417. The van der Waals surface area contributed by atoms with Crippen molar-refractivity contribution < 1.29 is 0 Å². The van der Waals surface area contributed by atoms with E-state index in [1.54, 1.807) is 11.8 Å². The number of benzene rings is 1. The van der Waals surface area contributed by atoms with Gasteiger partial charge in [0.1, 0.15) is 7.85 Å². The fraction of sp³-hybridized carbons (Fsp3) is 0. The second-order valence-electron chi connectivity index (χ2n) is 3.11. The van der Waals surface area contributed by atoms with Gasteiger partial charge in [-0.15, -0.1) is 0 Å². The van der Waals surface area contributed by atoms with Gasteiger partial charge in [0.2, 0.25) is 0 Å². The van der Waals surface area contributed by atoms with Crippen LogP contribution in [0.4, 0.5) is 0 Å².